The first-order chi connectivity index (χ1) is 15.9. The molecule has 3 aromatic rings. The predicted octanol–water partition coefficient (Wildman–Crippen LogP) is 4.92. The number of nitrogens with one attached hydrogen (secondary N) is 1. The van der Waals surface area contributed by atoms with Crippen LogP contribution in [0.2, 0.25) is 0 Å². The third-order valence-corrected chi connectivity index (χ3v) is 6.29. The average molecular weight is 445 g/mol. The van der Waals surface area contributed by atoms with Crippen LogP contribution in [-0.4, -0.2) is 36.2 Å². The summed E-state index contributed by atoms with van der Waals surface area (Å²) in [5, 5.41) is 17.1. The number of nitrogens with zero attached hydrogens (tertiary/aromatic N) is 7. The van der Waals surface area contributed by atoms with E-state index >= 15 is 0 Å². The molecule has 4 heterocycles. The number of anilines is 2. The molecule has 33 heavy (non-hydrogen) atoms. The lowest BCUT2D eigenvalue weighted by atomic mass is 9.97. The number of nitriles is 1. The Balaban J connectivity index is 1.59. The highest BCUT2D eigenvalue weighted by molar-refractivity contribution is 5.55. The Hall–Kier alpha value is -3.31. The van der Waals surface area contributed by atoms with Crippen LogP contribution in [0.25, 0.3) is 0 Å². The molecule has 3 aromatic heterocycles. The molecular weight excluding hydrogens is 412 g/mol. The number of piperidine rings is 1. The van der Waals surface area contributed by atoms with Gasteiger partial charge in [-0.25, -0.2) is 15.0 Å². The number of rotatable bonds is 6. The van der Waals surface area contributed by atoms with Crippen molar-refractivity contribution in [2.45, 2.75) is 72.5 Å². The summed E-state index contributed by atoms with van der Waals surface area (Å²) in [4.78, 5) is 16.1. The zero-order chi connectivity index (χ0) is 23.5. The normalized spacial score (nSPS) is 16.7. The first-order valence-corrected chi connectivity index (χ1v) is 11.6. The molecule has 0 aliphatic carbocycles. The van der Waals surface area contributed by atoms with Crippen molar-refractivity contribution >= 4 is 11.5 Å². The van der Waals surface area contributed by atoms with Crippen LogP contribution in [0.4, 0.5) is 11.5 Å². The van der Waals surface area contributed by atoms with Crippen LogP contribution in [-0.2, 0) is 6.54 Å². The van der Waals surface area contributed by atoms with E-state index in [9.17, 15) is 0 Å². The Labute approximate surface area is 195 Å². The molecule has 0 spiro atoms. The molecular formula is C25H32N8. The molecule has 0 unspecified atom stereocenters. The molecule has 1 N–H and O–H groups in total. The highest BCUT2D eigenvalue weighted by Crippen LogP contribution is 2.33. The van der Waals surface area contributed by atoms with E-state index in [1.165, 1.54) is 24.1 Å². The van der Waals surface area contributed by atoms with E-state index in [1.54, 1.807) is 12.3 Å². The molecule has 172 valence electrons. The monoisotopic (exact) mass is 444 g/mol. The SMILES string of the molecule is Cc1nc(Nc2ccc(C#N)nc2)cc([C@@H]2CCCCN2Cc2c(C)nn(C(C)C)c2C)n1. The van der Waals surface area contributed by atoms with Gasteiger partial charge in [-0.3, -0.25) is 9.58 Å². The van der Waals surface area contributed by atoms with Gasteiger partial charge in [0.15, 0.2) is 0 Å². The zero-order valence-corrected chi connectivity index (χ0v) is 20.1. The number of aromatic nitrogens is 5. The molecule has 8 nitrogen and oxygen atoms in total. The molecule has 4 rings (SSSR count). The summed E-state index contributed by atoms with van der Waals surface area (Å²) in [6, 6.07) is 8.22. The maximum atomic E-state index is 8.96. The smallest absolute Gasteiger partial charge is 0.140 e. The summed E-state index contributed by atoms with van der Waals surface area (Å²) >= 11 is 0. The minimum Gasteiger partial charge on any atom is -0.339 e. The molecule has 1 aliphatic rings. The fourth-order valence-corrected chi connectivity index (χ4v) is 4.65. The lowest BCUT2D eigenvalue weighted by molar-refractivity contribution is 0.136. The molecule has 0 amide bonds. The van der Waals surface area contributed by atoms with E-state index in [2.05, 4.69) is 52.6 Å². The quantitative estimate of drug-likeness (QED) is 0.577. The summed E-state index contributed by atoms with van der Waals surface area (Å²) in [5.74, 6) is 1.48. The summed E-state index contributed by atoms with van der Waals surface area (Å²) < 4.78 is 2.13. The van der Waals surface area contributed by atoms with Gasteiger partial charge in [0, 0.05) is 29.9 Å². The Morgan fingerprint density at radius 1 is 1.18 bits per heavy atom. The number of hydrogen-bond acceptors (Lipinski definition) is 7. The molecule has 0 aromatic carbocycles. The first-order valence-electron chi connectivity index (χ1n) is 11.6. The van der Waals surface area contributed by atoms with Crippen molar-refractivity contribution in [2.75, 3.05) is 11.9 Å². The minimum atomic E-state index is 0.237. The van der Waals surface area contributed by atoms with Gasteiger partial charge in [-0.05, 0) is 66.1 Å². The van der Waals surface area contributed by atoms with E-state index in [4.69, 9.17) is 15.3 Å². The number of likely N-dealkylation sites (tertiary alicyclic amines) is 1. The third-order valence-electron chi connectivity index (χ3n) is 6.29. The van der Waals surface area contributed by atoms with Gasteiger partial charge >= 0.3 is 0 Å². The summed E-state index contributed by atoms with van der Waals surface area (Å²) in [6.45, 7) is 12.5. The highest BCUT2D eigenvalue weighted by atomic mass is 15.3. The fourth-order valence-electron chi connectivity index (χ4n) is 4.65. The summed E-state index contributed by atoms with van der Waals surface area (Å²) in [6.07, 6.45) is 5.11. The molecule has 0 radical (unpaired) electrons. The van der Waals surface area contributed by atoms with Gasteiger partial charge < -0.3 is 5.32 Å². The van der Waals surface area contributed by atoms with Crippen LogP contribution < -0.4 is 5.32 Å². The van der Waals surface area contributed by atoms with Crippen molar-refractivity contribution in [3.63, 3.8) is 0 Å². The van der Waals surface area contributed by atoms with Gasteiger partial charge in [0.1, 0.15) is 23.4 Å². The highest BCUT2D eigenvalue weighted by Gasteiger charge is 2.28. The lowest BCUT2D eigenvalue weighted by Crippen LogP contribution is -2.34. The number of aryl methyl sites for hydroxylation is 2. The molecule has 1 saturated heterocycles. The van der Waals surface area contributed by atoms with Crippen LogP contribution in [0, 0.1) is 32.1 Å². The zero-order valence-electron chi connectivity index (χ0n) is 20.1. The van der Waals surface area contributed by atoms with Crippen LogP contribution >= 0.6 is 0 Å². The van der Waals surface area contributed by atoms with E-state index in [0.717, 1.165) is 48.2 Å². The molecule has 8 heteroatoms. The van der Waals surface area contributed by atoms with E-state index in [0.29, 0.717) is 11.7 Å². The Morgan fingerprint density at radius 2 is 2.00 bits per heavy atom. The number of hydrogen-bond donors (Lipinski definition) is 1. The van der Waals surface area contributed by atoms with Gasteiger partial charge in [0.05, 0.1) is 29.3 Å². The van der Waals surface area contributed by atoms with Crippen molar-refractivity contribution in [2.24, 2.45) is 0 Å². The third kappa shape index (κ3) is 5.04. The molecule has 1 fully saturated rings. The lowest BCUT2D eigenvalue weighted by Gasteiger charge is -2.35. The largest absolute Gasteiger partial charge is 0.339 e. The van der Waals surface area contributed by atoms with Gasteiger partial charge in [-0.2, -0.15) is 10.4 Å². The standard InChI is InChI=1S/C25H32N8/c1-16(2)33-18(4)22(17(3)31-33)15-32-11-7-6-8-24(32)23-12-25(29-19(5)28-23)30-21-10-9-20(13-26)27-14-21/h9-10,12,14,16,24H,6-8,11,15H2,1-5H3,(H,28,29,30)/t24-/m0/s1. The summed E-state index contributed by atoms with van der Waals surface area (Å²) in [7, 11) is 0. The van der Waals surface area contributed by atoms with Gasteiger partial charge in [-0.15, -0.1) is 0 Å². The van der Waals surface area contributed by atoms with Crippen LogP contribution in [0.1, 0.15) is 79.4 Å². The Kier molecular flexibility index (Phi) is 6.70. The van der Waals surface area contributed by atoms with Crippen molar-refractivity contribution in [3.8, 4) is 6.07 Å². The van der Waals surface area contributed by atoms with Crippen molar-refractivity contribution in [3.05, 3.63) is 58.6 Å². The van der Waals surface area contributed by atoms with Gasteiger partial charge in [0.25, 0.3) is 0 Å². The van der Waals surface area contributed by atoms with Crippen molar-refractivity contribution in [1.82, 2.24) is 29.6 Å². The summed E-state index contributed by atoms with van der Waals surface area (Å²) in [5.41, 5.74) is 5.91. The Bertz CT molecular complexity index is 1160. The van der Waals surface area contributed by atoms with Crippen LogP contribution in [0.15, 0.2) is 24.4 Å². The molecule has 0 bridgehead atoms. The first kappa shape index (κ1) is 22.9. The Morgan fingerprint density at radius 3 is 2.67 bits per heavy atom. The van der Waals surface area contributed by atoms with E-state index < -0.39 is 0 Å². The second kappa shape index (κ2) is 9.67. The second-order valence-electron chi connectivity index (χ2n) is 9.06. The van der Waals surface area contributed by atoms with Gasteiger partial charge in [0.2, 0.25) is 0 Å². The van der Waals surface area contributed by atoms with E-state index in [-0.39, 0.29) is 6.04 Å². The van der Waals surface area contributed by atoms with Crippen LogP contribution in [0.5, 0.6) is 0 Å². The minimum absolute atomic E-state index is 0.237. The van der Waals surface area contributed by atoms with Crippen molar-refractivity contribution in [1.29, 1.82) is 5.26 Å². The number of pyridine rings is 1. The van der Waals surface area contributed by atoms with Gasteiger partial charge in [-0.1, -0.05) is 6.42 Å². The fraction of sp³-hybridized carbons (Fsp3) is 0.480. The maximum Gasteiger partial charge on any atom is 0.140 e. The molecule has 1 aliphatic heterocycles. The maximum absolute atomic E-state index is 8.96. The predicted molar refractivity (Wildman–Crippen MR) is 128 cm³/mol. The van der Waals surface area contributed by atoms with E-state index in [1.807, 2.05) is 25.1 Å². The molecule has 0 saturated carbocycles. The second-order valence-corrected chi connectivity index (χ2v) is 9.06. The van der Waals surface area contributed by atoms with Crippen molar-refractivity contribution < 1.29 is 0 Å². The van der Waals surface area contributed by atoms with Crippen LogP contribution in [0.3, 0.4) is 0 Å². The molecule has 1 atom stereocenters. The average Bonchev–Trinajstić information content (AvgIpc) is 3.08. The topological polar surface area (TPSA) is 95.5 Å².